The topological polar surface area (TPSA) is 12.0 Å². The van der Waals surface area contributed by atoms with Crippen LogP contribution in [0.25, 0.3) is 0 Å². The Morgan fingerprint density at radius 1 is 1.55 bits per heavy atom. The summed E-state index contributed by atoms with van der Waals surface area (Å²) in [4.78, 5) is 0. The third-order valence-corrected chi connectivity index (χ3v) is 3.22. The lowest BCUT2D eigenvalue weighted by Crippen LogP contribution is -2.06. The van der Waals surface area contributed by atoms with Crippen molar-refractivity contribution in [3.05, 3.63) is 32.9 Å². The summed E-state index contributed by atoms with van der Waals surface area (Å²) in [5.74, 6) is 0. The minimum absolute atomic E-state index is 0.541. The Labute approximate surface area is 80.3 Å². The fourth-order valence-corrected chi connectivity index (χ4v) is 2.24. The fraction of sp³-hybridized carbons (Fsp3) is 0.333. The van der Waals surface area contributed by atoms with Crippen molar-refractivity contribution >= 4 is 22.6 Å². The van der Waals surface area contributed by atoms with Crippen LogP contribution in [0.2, 0.25) is 0 Å². The second kappa shape index (κ2) is 2.75. The molecular formula is C9H10IN. The molecule has 1 heterocycles. The van der Waals surface area contributed by atoms with Crippen LogP contribution in [0.15, 0.2) is 18.2 Å². The van der Waals surface area contributed by atoms with E-state index in [1.165, 1.54) is 14.7 Å². The van der Waals surface area contributed by atoms with Crippen molar-refractivity contribution in [3.8, 4) is 0 Å². The summed E-state index contributed by atoms with van der Waals surface area (Å²) in [7, 11) is 0. The molecule has 1 atom stereocenters. The van der Waals surface area contributed by atoms with Gasteiger partial charge in [-0.15, -0.1) is 0 Å². The lowest BCUT2D eigenvalue weighted by Gasteiger charge is -2.03. The molecule has 0 amide bonds. The predicted octanol–water partition coefficient (Wildman–Crippen LogP) is 2.46. The molecule has 0 spiro atoms. The number of halogens is 1. The van der Waals surface area contributed by atoms with E-state index in [2.05, 4.69) is 53.0 Å². The molecule has 1 aromatic carbocycles. The molecule has 11 heavy (non-hydrogen) atoms. The van der Waals surface area contributed by atoms with Gasteiger partial charge in [-0.25, -0.2) is 0 Å². The quantitative estimate of drug-likeness (QED) is 0.706. The van der Waals surface area contributed by atoms with E-state index >= 15 is 0 Å². The molecule has 1 aliphatic heterocycles. The Kier molecular flexibility index (Phi) is 1.89. The highest BCUT2D eigenvalue weighted by molar-refractivity contribution is 14.1. The molecule has 0 saturated carbocycles. The van der Waals surface area contributed by atoms with Crippen LogP contribution in [0.4, 0.5) is 0 Å². The number of rotatable bonds is 0. The molecule has 0 fully saturated rings. The molecule has 0 radical (unpaired) electrons. The molecule has 58 valence electrons. The number of nitrogens with one attached hydrogen (secondary N) is 1. The summed E-state index contributed by atoms with van der Waals surface area (Å²) in [5.41, 5.74) is 2.96. The van der Waals surface area contributed by atoms with Crippen LogP contribution in [-0.4, -0.2) is 0 Å². The first-order valence-corrected chi connectivity index (χ1v) is 4.87. The molecular weight excluding hydrogens is 249 g/mol. The zero-order valence-corrected chi connectivity index (χ0v) is 8.55. The maximum Gasteiger partial charge on any atom is 0.0298 e. The van der Waals surface area contributed by atoms with Crippen LogP contribution in [0, 0.1) is 3.57 Å². The van der Waals surface area contributed by atoms with Crippen molar-refractivity contribution < 1.29 is 0 Å². The Bertz CT molecular complexity index is 283. The number of hydrogen-bond donors (Lipinski definition) is 1. The van der Waals surface area contributed by atoms with Crippen molar-refractivity contribution in [2.45, 2.75) is 19.5 Å². The molecule has 0 bridgehead atoms. The molecule has 1 aromatic rings. The van der Waals surface area contributed by atoms with Gasteiger partial charge in [0.1, 0.15) is 0 Å². The van der Waals surface area contributed by atoms with Crippen LogP contribution in [0.5, 0.6) is 0 Å². The molecule has 1 aliphatic rings. The largest absolute Gasteiger partial charge is 0.306 e. The van der Waals surface area contributed by atoms with E-state index in [9.17, 15) is 0 Å². The maximum atomic E-state index is 3.42. The molecule has 1 N–H and O–H groups in total. The summed E-state index contributed by atoms with van der Waals surface area (Å²) in [5, 5.41) is 3.42. The minimum atomic E-state index is 0.541. The van der Waals surface area contributed by atoms with Crippen molar-refractivity contribution in [2.75, 3.05) is 0 Å². The van der Waals surface area contributed by atoms with Crippen molar-refractivity contribution in [1.29, 1.82) is 0 Å². The van der Waals surface area contributed by atoms with E-state index < -0.39 is 0 Å². The van der Waals surface area contributed by atoms with E-state index in [-0.39, 0.29) is 0 Å². The molecule has 2 rings (SSSR count). The third kappa shape index (κ3) is 1.18. The van der Waals surface area contributed by atoms with E-state index in [0.717, 1.165) is 6.54 Å². The highest BCUT2D eigenvalue weighted by Gasteiger charge is 2.18. The molecule has 0 saturated heterocycles. The standard InChI is InChI=1S/C9H10IN/c1-6-7-3-2-4-9(10)8(7)5-11-6/h2-4,6,11H,5H2,1H3/t6-/m0/s1. The van der Waals surface area contributed by atoms with Gasteiger partial charge in [-0.3, -0.25) is 0 Å². The van der Waals surface area contributed by atoms with Gasteiger partial charge in [0, 0.05) is 16.2 Å². The zero-order valence-electron chi connectivity index (χ0n) is 6.39. The van der Waals surface area contributed by atoms with Crippen LogP contribution in [0.1, 0.15) is 24.1 Å². The molecule has 0 aromatic heterocycles. The van der Waals surface area contributed by atoms with Gasteiger partial charge < -0.3 is 5.32 Å². The average Bonchev–Trinajstić information content (AvgIpc) is 2.35. The number of fused-ring (bicyclic) bond motifs is 1. The molecule has 0 unspecified atom stereocenters. The van der Waals surface area contributed by atoms with Crippen molar-refractivity contribution in [2.24, 2.45) is 0 Å². The predicted molar refractivity (Wildman–Crippen MR) is 54.4 cm³/mol. The van der Waals surface area contributed by atoms with Gasteiger partial charge >= 0.3 is 0 Å². The first-order chi connectivity index (χ1) is 5.29. The summed E-state index contributed by atoms with van der Waals surface area (Å²) in [6, 6.07) is 7.05. The Hall–Kier alpha value is -0.0900. The lowest BCUT2D eigenvalue weighted by atomic mass is 10.1. The summed E-state index contributed by atoms with van der Waals surface area (Å²) in [6.07, 6.45) is 0. The second-order valence-electron chi connectivity index (χ2n) is 2.91. The van der Waals surface area contributed by atoms with Crippen LogP contribution >= 0.6 is 22.6 Å². The first kappa shape index (κ1) is 7.55. The van der Waals surface area contributed by atoms with Crippen LogP contribution in [-0.2, 0) is 6.54 Å². The maximum absolute atomic E-state index is 3.42. The molecule has 0 aliphatic carbocycles. The van der Waals surface area contributed by atoms with E-state index in [1.54, 1.807) is 0 Å². The highest BCUT2D eigenvalue weighted by atomic mass is 127. The fourth-order valence-electron chi connectivity index (χ4n) is 1.53. The van der Waals surface area contributed by atoms with Crippen LogP contribution in [0.3, 0.4) is 0 Å². The van der Waals surface area contributed by atoms with Gasteiger partial charge in [0.05, 0.1) is 0 Å². The van der Waals surface area contributed by atoms with Gasteiger partial charge in [-0.1, -0.05) is 12.1 Å². The monoisotopic (exact) mass is 259 g/mol. The summed E-state index contributed by atoms with van der Waals surface area (Å²) in [6.45, 7) is 3.25. The van der Waals surface area contributed by atoms with Crippen molar-refractivity contribution in [3.63, 3.8) is 0 Å². The normalized spacial score (nSPS) is 21.8. The zero-order chi connectivity index (χ0) is 7.84. The Morgan fingerprint density at radius 2 is 2.36 bits per heavy atom. The average molecular weight is 259 g/mol. The SMILES string of the molecule is C[C@@H]1NCc2c(I)cccc21. The summed E-state index contributed by atoms with van der Waals surface area (Å²) < 4.78 is 1.39. The van der Waals surface area contributed by atoms with E-state index in [1.807, 2.05) is 0 Å². The van der Waals surface area contributed by atoms with E-state index in [4.69, 9.17) is 0 Å². The third-order valence-electron chi connectivity index (χ3n) is 2.21. The highest BCUT2D eigenvalue weighted by Crippen LogP contribution is 2.27. The van der Waals surface area contributed by atoms with Gasteiger partial charge in [0.25, 0.3) is 0 Å². The smallest absolute Gasteiger partial charge is 0.0298 e. The Balaban J connectivity index is 2.57. The van der Waals surface area contributed by atoms with Gasteiger partial charge in [-0.2, -0.15) is 0 Å². The Morgan fingerprint density at radius 3 is 3.09 bits per heavy atom. The van der Waals surface area contributed by atoms with Gasteiger partial charge in [0.2, 0.25) is 0 Å². The van der Waals surface area contributed by atoms with Crippen molar-refractivity contribution in [1.82, 2.24) is 5.32 Å². The molecule has 1 nitrogen and oxygen atoms in total. The number of hydrogen-bond acceptors (Lipinski definition) is 1. The second-order valence-corrected chi connectivity index (χ2v) is 4.07. The lowest BCUT2D eigenvalue weighted by molar-refractivity contribution is 0.633. The first-order valence-electron chi connectivity index (χ1n) is 3.79. The minimum Gasteiger partial charge on any atom is -0.306 e. The van der Waals surface area contributed by atoms with Crippen LogP contribution < -0.4 is 5.32 Å². The summed E-state index contributed by atoms with van der Waals surface area (Å²) >= 11 is 2.40. The van der Waals surface area contributed by atoms with E-state index in [0.29, 0.717) is 6.04 Å². The molecule has 2 heteroatoms. The number of benzene rings is 1. The van der Waals surface area contributed by atoms with Gasteiger partial charge in [0.15, 0.2) is 0 Å². The van der Waals surface area contributed by atoms with Gasteiger partial charge in [-0.05, 0) is 46.7 Å².